The molecule has 5 rings (SSSR count). The Balaban J connectivity index is 1.55. The number of methoxy groups -OCH3 is 1. The number of nitrogens with zero attached hydrogens (tertiary/aromatic N) is 2. The Morgan fingerprint density at radius 1 is 0.812 bits per heavy atom. The maximum Gasteiger partial charge on any atom is 0.278 e. The molecule has 160 valence electrons. The van der Waals surface area contributed by atoms with E-state index in [1.807, 2.05) is 66.7 Å². The molecule has 0 bridgehead atoms. The number of benzene rings is 3. The van der Waals surface area contributed by atoms with Gasteiger partial charge in [-0.3, -0.25) is 14.5 Å². The number of imide groups is 1. The van der Waals surface area contributed by atoms with Crippen LogP contribution in [0.25, 0.3) is 5.57 Å². The van der Waals surface area contributed by atoms with Gasteiger partial charge in [0.05, 0.1) is 19.2 Å². The normalized spacial score (nSPS) is 15.9. The van der Waals surface area contributed by atoms with Gasteiger partial charge in [0.2, 0.25) is 0 Å². The van der Waals surface area contributed by atoms with Crippen molar-refractivity contribution in [1.29, 1.82) is 0 Å². The highest BCUT2D eigenvalue weighted by Crippen LogP contribution is 2.35. The van der Waals surface area contributed by atoms with Crippen molar-refractivity contribution in [3.63, 3.8) is 0 Å². The number of hydrogen-bond donors (Lipinski definition) is 0. The highest BCUT2D eigenvalue weighted by atomic mass is 16.5. The van der Waals surface area contributed by atoms with Crippen LogP contribution in [0.4, 0.5) is 0 Å². The number of carbonyl (C=O) groups excluding carboxylic acids is 2. The van der Waals surface area contributed by atoms with Crippen LogP contribution in [-0.2, 0) is 29.1 Å². The van der Waals surface area contributed by atoms with Gasteiger partial charge in [0.15, 0.2) is 0 Å². The number of amides is 2. The van der Waals surface area contributed by atoms with E-state index in [-0.39, 0.29) is 18.4 Å². The standard InChI is InChI=1S/C27H24N2O3/c1-32-23-14-8-7-13-22(23)18-29-26(30)24(20-10-3-2-4-11-20)25(27(29)31)28-16-15-19-9-5-6-12-21(19)17-28/h2-14H,15-18H2,1H3. The van der Waals surface area contributed by atoms with E-state index >= 15 is 0 Å². The molecule has 3 aromatic rings. The van der Waals surface area contributed by atoms with Gasteiger partial charge in [0, 0.05) is 18.7 Å². The molecule has 0 unspecified atom stereocenters. The molecule has 0 saturated carbocycles. The fourth-order valence-corrected chi connectivity index (χ4v) is 4.56. The first-order valence-corrected chi connectivity index (χ1v) is 10.8. The third-order valence-corrected chi connectivity index (χ3v) is 6.17. The predicted octanol–water partition coefficient (Wildman–Crippen LogP) is 4.03. The van der Waals surface area contributed by atoms with Crippen molar-refractivity contribution in [3.8, 4) is 5.75 Å². The second-order valence-electron chi connectivity index (χ2n) is 8.04. The molecule has 0 saturated heterocycles. The quantitative estimate of drug-likeness (QED) is 0.580. The fraction of sp³-hybridized carbons (Fsp3) is 0.185. The van der Waals surface area contributed by atoms with E-state index in [0.717, 1.165) is 17.5 Å². The van der Waals surface area contributed by atoms with E-state index < -0.39 is 0 Å². The van der Waals surface area contributed by atoms with E-state index in [4.69, 9.17) is 4.74 Å². The molecule has 0 atom stereocenters. The Bertz CT molecular complexity index is 1220. The van der Waals surface area contributed by atoms with Crippen LogP contribution in [0.3, 0.4) is 0 Å². The van der Waals surface area contributed by atoms with Gasteiger partial charge < -0.3 is 9.64 Å². The average Bonchev–Trinajstić information content (AvgIpc) is 3.09. The molecule has 2 aliphatic heterocycles. The molecule has 32 heavy (non-hydrogen) atoms. The summed E-state index contributed by atoms with van der Waals surface area (Å²) in [5.74, 6) is 0.148. The topological polar surface area (TPSA) is 49.9 Å². The van der Waals surface area contributed by atoms with E-state index in [1.165, 1.54) is 16.0 Å². The number of fused-ring (bicyclic) bond motifs is 1. The predicted molar refractivity (Wildman–Crippen MR) is 122 cm³/mol. The maximum atomic E-state index is 13.7. The first kappa shape index (κ1) is 20.1. The zero-order valence-electron chi connectivity index (χ0n) is 18.0. The second-order valence-corrected chi connectivity index (χ2v) is 8.04. The first-order chi connectivity index (χ1) is 15.7. The number of carbonyl (C=O) groups is 2. The molecule has 0 fully saturated rings. The van der Waals surface area contributed by atoms with Crippen LogP contribution in [0, 0.1) is 0 Å². The molecule has 2 aliphatic rings. The average molecular weight is 425 g/mol. The largest absolute Gasteiger partial charge is 0.496 e. The lowest BCUT2D eigenvalue weighted by molar-refractivity contribution is -0.138. The SMILES string of the molecule is COc1ccccc1CN1C(=O)C(c2ccccc2)=C(N2CCc3ccccc3C2)C1=O. The number of para-hydroxylation sites is 1. The van der Waals surface area contributed by atoms with Gasteiger partial charge in [0.1, 0.15) is 11.4 Å². The van der Waals surface area contributed by atoms with Crippen LogP contribution < -0.4 is 4.74 Å². The summed E-state index contributed by atoms with van der Waals surface area (Å²) < 4.78 is 5.45. The zero-order valence-corrected chi connectivity index (χ0v) is 18.0. The molecular weight excluding hydrogens is 400 g/mol. The van der Waals surface area contributed by atoms with E-state index in [1.54, 1.807) is 7.11 Å². The Kier molecular flexibility index (Phi) is 5.23. The van der Waals surface area contributed by atoms with Crippen LogP contribution >= 0.6 is 0 Å². The number of rotatable bonds is 5. The summed E-state index contributed by atoms with van der Waals surface area (Å²) in [6.07, 6.45) is 0.843. The maximum absolute atomic E-state index is 13.7. The first-order valence-electron chi connectivity index (χ1n) is 10.8. The molecule has 0 spiro atoms. The monoisotopic (exact) mass is 424 g/mol. The van der Waals surface area contributed by atoms with E-state index in [2.05, 4.69) is 17.0 Å². The molecule has 5 nitrogen and oxygen atoms in total. The van der Waals surface area contributed by atoms with Crippen LogP contribution in [-0.4, -0.2) is 35.3 Å². The molecule has 0 aliphatic carbocycles. The molecule has 3 aromatic carbocycles. The van der Waals surface area contributed by atoms with Gasteiger partial charge in [-0.15, -0.1) is 0 Å². The Morgan fingerprint density at radius 2 is 1.50 bits per heavy atom. The lowest BCUT2D eigenvalue weighted by Crippen LogP contribution is -2.37. The smallest absolute Gasteiger partial charge is 0.278 e. The Morgan fingerprint density at radius 3 is 2.28 bits per heavy atom. The van der Waals surface area contributed by atoms with Crippen molar-refractivity contribution < 1.29 is 14.3 Å². The summed E-state index contributed by atoms with van der Waals surface area (Å²) in [5.41, 5.74) is 5.03. The third kappa shape index (κ3) is 3.46. The van der Waals surface area contributed by atoms with Gasteiger partial charge in [-0.1, -0.05) is 72.8 Å². The van der Waals surface area contributed by atoms with Crippen molar-refractivity contribution >= 4 is 17.4 Å². The minimum absolute atomic E-state index is 0.173. The highest BCUT2D eigenvalue weighted by Gasteiger charge is 2.42. The van der Waals surface area contributed by atoms with Gasteiger partial charge in [-0.25, -0.2) is 0 Å². The Labute approximate surface area is 187 Å². The molecule has 2 amide bonds. The Hall–Kier alpha value is -3.86. The van der Waals surface area contributed by atoms with Crippen molar-refractivity contribution in [3.05, 3.63) is 107 Å². The summed E-state index contributed by atoms with van der Waals surface area (Å²) in [7, 11) is 1.59. The molecule has 0 aromatic heterocycles. The fourth-order valence-electron chi connectivity index (χ4n) is 4.56. The number of ether oxygens (including phenoxy) is 1. The summed E-state index contributed by atoms with van der Waals surface area (Å²) in [5, 5.41) is 0. The minimum Gasteiger partial charge on any atom is -0.496 e. The summed E-state index contributed by atoms with van der Waals surface area (Å²) in [4.78, 5) is 30.7. The van der Waals surface area contributed by atoms with Crippen molar-refractivity contribution in [2.45, 2.75) is 19.5 Å². The highest BCUT2D eigenvalue weighted by molar-refractivity contribution is 6.35. The van der Waals surface area contributed by atoms with Gasteiger partial charge in [0.25, 0.3) is 11.8 Å². The van der Waals surface area contributed by atoms with Crippen molar-refractivity contribution in [1.82, 2.24) is 9.80 Å². The summed E-state index contributed by atoms with van der Waals surface area (Å²) >= 11 is 0. The second kappa shape index (κ2) is 8.35. The lowest BCUT2D eigenvalue weighted by atomic mass is 9.98. The molecular formula is C27H24N2O3. The zero-order chi connectivity index (χ0) is 22.1. The van der Waals surface area contributed by atoms with E-state index in [9.17, 15) is 9.59 Å². The van der Waals surface area contributed by atoms with Crippen LogP contribution in [0.2, 0.25) is 0 Å². The van der Waals surface area contributed by atoms with Crippen molar-refractivity contribution in [2.24, 2.45) is 0 Å². The molecule has 5 heteroatoms. The summed E-state index contributed by atoms with van der Waals surface area (Å²) in [6.45, 7) is 1.49. The third-order valence-electron chi connectivity index (χ3n) is 6.17. The van der Waals surface area contributed by atoms with E-state index in [0.29, 0.717) is 30.1 Å². The van der Waals surface area contributed by atoms with Crippen molar-refractivity contribution in [2.75, 3.05) is 13.7 Å². The summed E-state index contributed by atoms with van der Waals surface area (Å²) in [6, 6.07) is 25.3. The minimum atomic E-state index is -0.263. The lowest BCUT2D eigenvalue weighted by Gasteiger charge is -2.31. The van der Waals surface area contributed by atoms with Gasteiger partial charge >= 0.3 is 0 Å². The van der Waals surface area contributed by atoms with Crippen LogP contribution in [0.5, 0.6) is 5.75 Å². The molecule has 0 radical (unpaired) electrons. The number of hydrogen-bond acceptors (Lipinski definition) is 4. The molecule has 0 N–H and O–H groups in total. The molecule has 2 heterocycles. The van der Waals surface area contributed by atoms with Crippen LogP contribution in [0.1, 0.15) is 22.3 Å². The van der Waals surface area contributed by atoms with Gasteiger partial charge in [-0.05, 0) is 29.2 Å². The van der Waals surface area contributed by atoms with Gasteiger partial charge in [-0.2, -0.15) is 0 Å². The van der Waals surface area contributed by atoms with Crippen LogP contribution in [0.15, 0.2) is 84.6 Å².